The van der Waals surface area contributed by atoms with E-state index in [0.29, 0.717) is 38.5 Å². The number of carbonyl (C=O) groups excluding carboxylic acids is 3. The van der Waals surface area contributed by atoms with Gasteiger partial charge in [0.15, 0.2) is 0 Å². The third-order valence-electron chi connectivity index (χ3n) is 2.90. The minimum atomic E-state index is -4.02. The van der Waals surface area contributed by atoms with Gasteiger partial charge < -0.3 is 0 Å². The Hall–Kier alpha value is -0.827. The molecular weight excluding hydrogens is 533 g/mol. The van der Waals surface area contributed by atoms with E-state index in [2.05, 4.69) is 0 Å². The van der Waals surface area contributed by atoms with Gasteiger partial charge in [0.1, 0.15) is 0 Å². The van der Waals surface area contributed by atoms with Crippen molar-refractivity contribution >= 4 is 41.0 Å². The van der Waals surface area contributed by atoms with Gasteiger partial charge in [-0.3, -0.25) is 0 Å². The number of hydrogen-bond acceptors (Lipinski definition) is 9. The molecule has 0 radical (unpaired) electrons. The second-order valence-corrected chi connectivity index (χ2v) is 9.02. The molecule has 0 amide bonds. The van der Waals surface area contributed by atoms with Crippen LogP contribution >= 0.6 is 0 Å². The van der Waals surface area contributed by atoms with Crippen LogP contribution in [0.15, 0.2) is 0 Å². The topological polar surface area (TPSA) is 140 Å². The quantitative estimate of drug-likeness (QED) is 0.188. The Balaban J connectivity index is 4.44. The summed E-state index contributed by atoms with van der Waals surface area (Å²) in [6.07, 6.45) is 2.69. The van der Waals surface area contributed by atoms with Crippen LogP contribution in [0, 0.1) is 0 Å². The molecule has 3 N–H and O–H groups in total. The zero-order valence-electron chi connectivity index (χ0n) is 14.2. The van der Waals surface area contributed by atoms with Crippen LogP contribution in [0.2, 0.25) is 0 Å². The van der Waals surface area contributed by atoms with Crippen molar-refractivity contribution in [2.45, 2.75) is 57.8 Å². The zero-order valence-corrected chi connectivity index (χ0v) is 17.7. The fourth-order valence-electron chi connectivity index (χ4n) is 1.59. The van der Waals surface area contributed by atoms with Crippen molar-refractivity contribution in [2.24, 2.45) is 0 Å². The van der Waals surface area contributed by atoms with Gasteiger partial charge in [0.05, 0.1) is 0 Å². The second-order valence-electron chi connectivity index (χ2n) is 5.16. The maximum absolute atomic E-state index is 11.7. The first-order valence-corrected chi connectivity index (χ1v) is 12.5. The van der Waals surface area contributed by atoms with Gasteiger partial charge in [-0.25, -0.2) is 0 Å². The number of hydrogen-bond donors (Lipinski definition) is 3. The first-order valence-electron chi connectivity index (χ1n) is 8.28. The molecule has 10 heteroatoms. The first-order chi connectivity index (χ1) is 12.0. The molecule has 0 saturated heterocycles. The summed E-state index contributed by atoms with van der Waals surface area (Å²) >= 11 is -4.02. The molecule has 146 valence electrons. The van der Waals surface area contributed by atoms with Crippen molar-refractivity contribution in [1.82, 2.24) is 0 Å². The van der Waals surface area contributed by atoms with Crippen molar-refractivity contribution in [3.8, 4) is 0 Å². The zero-order chi connectivity index (χ0) is 18.9. The Kier molecular flexibility index (Phi) is 16.1. The van der Waals surface area contributed by atoms with E-state index in [1.165, 1.54) is 0 Å². The van der Waals surface area contributed by atoms with Crippen LogP contribution in [0.25, 0.3) is 0 Å². The number of rotatable bonds is 15. The van der Waals surface area contributed by atoms with Crippen LogP contribution in [-0.4, -0.2) is 76.1 Å². The molecule has 9 nitrogen and oxygen atoms in total. The normalized spacial score (nSPS) is 10.6. The SMILES string of the molecule is O=C(CCCCO)[O][Bi]([O]C(=O)CCCCO)[O]C(=O)CCCCO. The van der Waals surface area contributed by atoms with Gasteiger partial charge in [-0.2, -0.15) is 0 Å². The van der Waals surface area contributed by atoms with E-state index in [9.17, 15) is 14.4 Å². The Labute approximate surface area is 156 Å². The molecule has 0 rings (SSSR count). The fraction of sp³-hybridized carbons (Fsp3) is 0.800. The molecule has 25 heavy (non-hydrogen) atoms. The van der Waals surface area contributed by atoms with E-state index < -0.39 is 41.0 Å². The average molecular weight is 560 g/mol. The van der Waals surface area contributed by atoms with E-state index in [-0.39, 0.29) is 39.1 Å². The van der Waals surface area contributed by atoms with Crippen LogP contribution in [0.3, 0.4) is 0 Å². The Morgan fingerprint density at radius 2 is 0.840 bits per heavy atom. The molecule has 0 fully saturated rings. The second kappa shape index (κ2) is 16.6. The Morgan fingerprint density at radius 1 is 0.560 bits per heavy atom. The van der Waals surface area contributed by atoms with Gasteiger partial charge in [-0.05, 0) is 0 Å². The van der Waals surface area contributed by atoms with E-state index >= 15 is 0 Å². The van der Waals surface area contributed by atoms with E-state index in [0.717, 1.165) is 0 Å². The minimum absolute atomic E-state index is 0.0382. The number of carbonyl (C=O) groups is 3. The van der Waals surface area contributed by atoms with Crippen molar-refractivity contribution in [2.75, 3.05) is 19.8 Å². The third-order valence-corrected chi connectivity index (χ3v) is 7.01. The van der Waals surface area contributed by atoms with Gasteiger partial charge in [-0.1, -0.05) is 0 Å². The monoisotopic (exact) mass is 560 g/mol. The summed E-state index contributed by atoms with van der Waals surface area (Å²) in [7, 11) is 0. The van der Waals surface area contributed by atoms with Crippen molar-refractivity contribution < 1.29 is 38.1 Å². The van der Waals surface area contributed by atoms with E-state index in [4.69, 9.17) is 23.8 Å². The first kappa shape index (κ1) is 24.2. The molecule has 0 heterocycles. The maximum atomic E-state index is 11.7. The molecule has 0 aromatic carbocycles. The predicted molar refractivity (Wildman–Crippen MR) is 86.8 cm³/mol. The fourth-order valence-corrected chi connectivity index (χ4v) is 5.02. The molecule has 0 aromatic heterocycles. The summed E-state index contributed by atoms with van der Waals surface area (Å²) in [4.78, 5) is 35.1. The van der Waals surface area contributed by atoms with Gasteiger partial charge in [-0.15, -0.1) is 0 Å². The van der Waals surface area contributed by atoms with Crippen LogP contribution < -0.4 is 0 Å². The molecule has 0 bridgehead atoms. The number of unbranched alkanes of at least 4 members (excludes halogenated alkanes) is 3. The molecule has 0 aliphatic carbocycles. The molecule has 0 unspecified atom stereocenters. The van der Waals surface area contributed by atoms with Crippen molar-refractivity contribution in [1.29, 1.82) is 0 Å². The van der Waals surface area contributed by atoms with Crippen molar-refractivity contribution in [3.63, 3.8) is 0 Å². The summed E-state index contributed by atoms with van der Waals surface area (Å²) in [6.45, 7) is -0.128. The summed E-state index contributed by atoms with van der Waals surface area (Å²) in [5.41, 5.74) is 0. The van der Waals surface area contributed by atoms with E-state index in [1.54, 1.807) is 0 Å². The molecule has 0 aliphatic rings. The summed E-state index contributed by atoms with van der Waals surface area (Å²) in [6, 6.07) is 0. The van der Waals surface area contributed by atoms with Gasteiger partial charge in [0.2, 0.25) is 0 Å². The van der Waals surface area contributed by atoms with Crippen LogP contribution in [0.1, 0.15) is 57.8 Å². The number of aliphatic hydroxyl groups excluding tert-OH is 3. The predicted octanol–water partition coefficient (Wildman–Crippen LogP) is 0.0887. The van der Waals surface area contributed by atoms with Crippen LogP contribution in [0.4, 0.5) is 0 Å². The average Bonchev–Trinajstić information content (AvgIpc) is 2.55. The number of aliphatic hydroxyl groups is 3. The molecule has 0 atom stereocenters. The van der Waals surface area contributed by atoms with Gasteiger partial charge >= 0.3 is 157 Å². The standard InChI is InChI=1S/3C5H10O3.Bi/c3*6-4-2-1-3-5(7)8;/h3*6H,1-4H2,(H,7,8);/q;;;+3/p-3. The molecule has 0 aromatic rings. The molecule has 0 spiro atoms. The van der Waals surface area contributed by atoms with Crippen molar-refractivity contribution in [3.05, 3.63) is 0 Å². The van der Waals surface area contributed by atoms with Gasteiger partial charge in [0.25, 0.3) is 0 Å². The summed E-state index contributed by atoms with van der Waals surface area (Å²) in [5, 5.41) is 26.1. The Bertz CT molecular complexity index is 332. The van der Waals surface area contributed by atoms with E-state index in [1.807, 2.05) is 0 Å². The van der Waals surface area contributed by atoms with Crippen LogP contribution in [0.5, 0.6) is 0 Å². The summed E-state index contributed by atoms with van der Waals surface area (Å²) in [5.74, 6) is -1.88. The molecule has 0 saturated carbocycles. The molecule has 0 aliphatic heterocycles. The summed E-state index contributed by atoms with van der Waals surface area (Å²) < 4.78 is 15.1. The van der Waals surface area contributed by atoms with Crippen LogP contribution in [-0.2, 0) is 22.8 Å². The molecular formula is C15H27BiO9. The van der Waals surface area contributed by atoms with Gasteiger partial charge in [0, 0.05) is 0 Å². The Morgan fingerprint density at radius 3 is 1.08 bits per heavy atom. The third kappa shape index (κ3) is 15.2.